The number of hydrogen-bond donors (Lipinski definition) is 1. The molecule has 4 rings (SSSR count). The van der Waals surface area contributed by atoms with Gasteiger partial charge in [-0.3, -0.25) is 14.6 Å². The van der Waals surface area contributed by atoms with E-state index in [4.69, 9.17) is 9.15 Å². The van der Waals surface area contributed by atoms with Crippen molar-refractivity contribution < 1.29 is 18.7 Å². The molecule has 0 saturated carbocycles. The third kappa shape index (κ3) is 4.82. The molecule has 0 saturated heterocycles. The predicted molar refractivity (Wildman–Crippen MR) is 106 cm³/mol. The number of carbonyl (C=O) groups is 2. The predicted octanol–water partition coefficient (Wildman–Crippen LogP) is 3.17. The summed E-state index contributed by atoms with van der Waals surface area (Å²) in [6.07, 6.45) is 6.14. The monoisotopic (exact) mass is 391 g/mol. The van der Waals surface area contributed by atoms with E-state index in [-0.39, 0.29) is 18.4 Å². The van der Waals surface area contributed by atoms with Gasteiger partial charge in [0.1, 0.15) is 11.5 Å². The lowest BCUT2D eigenvalue weighted by molar-refractivity contribution is -0.134. The van der Waals surface area contributed by atoms with E-state index in [1.807, 2.05) is 30.3 Å². The van der Waals surface area contributed by atoms with Crippen molar-refractivity contribution in [2.45, 2.75) is 25.9 Å². The Labute approximate surface area is 168 Å². The van der Waals surface area contributed by atoms with E-state index in [9.17, 15) is 9.59 Å². The molecule has 0 aliphatic carbocycles. The van der Waals surface area contributed by atoms with Gasteiger partial charge in [0.2, 0.25) is 5.91 Å². The Hall–Kier alpha value is -3.61. The van der Waals surface area contributed by atoms with Gasteiger partial charge in [-0.05, 0) is 53.9 Å². The Balaban J connectivity index is 1.42. The Morgan fingerprint density at radius 2 is 2.10 bits per heavy atom. The first-order chi connectivity index (χ1) is 14.2. The van der Waals surface area contributed by atoms with Crippen LogP contribution in [-0.4, -0.2) is 28.3 Å². The van der Waals surface area contributed by atoms with Gasteiger partial charge >= 0.3 is 0 Å². The molecule has 7 heteroatoms. The normalized spacial score (nSPS) is 12.8. The minimum Gasteiger partial charge on any atom is -0.484 e. The molecule has 0 unspecified atom stereocenters. The second-order valence-corrected chi connectivity index (χ2v) is 6.85. The van der Waals surface area contributed by atoms with Gasteiger partial charge in [-0.15, -0.1) is 0 Å². The highest BCUT2D eigenvalue weighted by Crippen LogP contribution is 2.26. The van der Waals surface area contributed by atoms with E-state index >= 15 is 0 Å². The van der Waals surface area contributed by atoms with E-state index in [0.29, 0.717) is 37.4 Å². The number of rotatable bonds is 7. The molecule has 2 amide bonds. The van der Waals surface area contributed by atoms with Gasteiger partial charge in [0.15, 0.2) is 6.61 Å². The molecule has 0 radical (unpaired) electrons. The summed E-state index contributed by atoms with van der Waals surface area (Å²) in [5.41, 5.74) is 2.74. The summed E-state index contributed by atoms with van der Waals surface area (Å²) in [4.78, 5) is 30.1. The lowest BCUT2D eigenvalue weighted by atomic mass is 10.0. The number of amides is 2. The van der Waals surface area contributed by atoms with Crippen LogP contribution in [0.25, 0.3) is 0 Å². The second kappa shape index (κ2) is 8.60. The average Bonchev–Trinajstić information content (AvgIpc) is 3.25. The van der Waals surface area contributed by atoms with Crippen LogP contribution >= 0.6 is 0 Å². The largest absolute Gasteiger partial charge is 0.484 e. The van der Waals surface area contributed by atoms with Crippen LogP contribution in [0.5, 0.6) is 5.75 Å². The molecular formula is C22H21N3O4. The van der Waals surface area contributed by atoms with Gasteiger partial charge in [0.05, 0.1) is 12.8 Å². The van der Waals surface area contributed by atoms with Gasteiger partial charge in [-0.25, -0.2) is 0 Å². The highest BCUT2D eigenvalue weighted by atomic mass is 16.5. The van der Waals surface area contributed by atoms with Crippen LogP contribution < -0.4 is 10.1 Å². The van der Waals surface area contributed by atoms with Crippen LogP contribution in [0.15, 0.2) is 65.5 Å². The number of nitrogens with one attached hydrogen (secondary N) is 1. The van der Waals surface area contributed by atoms with Crippen LogP contribution in [0.2, 0.25) is 0 Å². The summed E-state index contributed by atoms with van der Waals surface area (Å²) in [5, 5.41) is 2.84. The molecule has 148 valence electrons. The summed E-state index contributed by atoms with van der Waals surface area (Å²) in [7, 11) is 0. The van der Waals surface area contributed by atoms with Crippen LogP contribution in [0, 0.1) is 0 Å². The molecular weight excluding hydrogens is 370 g/mol. The van der Waals surface area contributed by atoms with E-state index in [1.165, 1.54) is 0 Å². The number of aromatic nitrogens is 1. The maximum atomic E-state index is 12.9. The van der Waals surface area contributed by atoms with Crippen molar-refractivity contribution in [2.75, 3.05) is 11.9 Å². The van der Waals surface area contributed by atoms with E-state index in [2.05, 4.69) is 10.3 Å². The van der Waals surface area contributed by atoms with Crippen LogP contribution in [0.3, 0.4) is 0 Å². The molecule has 0 fully saturated rings. The van der Waals surface area contributed by atoms with Gasteiger partial charge < -0.3 is 19.4 Å². The van der Waals surface area contributed by atoms with Crippen molar-refractivity contribution in [3.05, 3.63) is 78.0 Å². The molecule has 1 aliphatic heterocycles. The number of carbonyl (C=O) groups excluding carboxylic acids is 2. The second-order valence-electron chi connectivity index (χ2n) is 6.85. The first-order valence-electron chi connectivity index (χ1n) is 9.42. The zero-order valence-corrected chi connectivity index (χ0v) is 15.8. The number of aryl methyl sites for hydroxylation is 1. The Bertz CT molecular complexity index is 987. The minimum absolute atomic E-state index is 0.0188. The molecule has 7 nitrogen and oxygen atoms in total. The first kappa shape index (κ1) is 18.7. The van der Waals surface area contributed by atoms with Crippen LogP contribution in [0.4, 0.5) is 5.69 Å². The molecule has 0 bridgehead atoms. The number of hydrogen-bond acceptors (Lipinski definition) is 5. The van der Waals surface area contributed by atoms with Gasteiger partial charge in [0.25, 0.3) is 5.91 Å². The number of pyridine rings is 1. The Morgan fingerprint density at radius 3 is 2.90 bits per heavy atom. The highest BCUT2D eigenvalue weighted by Gasteiger charge is 2.18. The fourth-order valence-electron chi connectivity index (χ4n) is 3.22. The van der Waals surface area contributed by atoms with Crippen LogP contribution in [-0.2, 0) is 29.1 Å². The summed E-state index contributed by atoms with van der Waals surface area (Å²) in [5.74, 6) is 1.17. The molecule has 2 aromatic heterocycles. The fraction of sp³-hybridized carbons (Fsp3) is 0.227. The molecule has 3 heterocycles. The fourth-order valence-corrected chi connectivity index (χ4v) is 3.22. The molecule has 0 atom stereocenters. The van der Waals surface area contributed by atoms with E-state index in [1.54, 1.807) is 35.7 Å². The molecule has 1 N–H and O–H groups in total. The quantitative estimate of drug-likeness (QED) is 0.669. The maximum Gasteiger partial charge on any atom is 0.261 e. The number of ether oxygens (including phenoxy) is 1. The smallest absolute Gasteiger partial charge is 0.261 e. The minimum atomic E-state index is -0.156. The van der Waals surface area contributed by atoms with E-state index < -0.39 is 0 Å². The third-order valence-electron chi connectivity index (χ3n) is 4.71. The molecule has 1 aliphatic rings. The van der Waals surface area contributed by atoms with Crippen molar-refractivity contribution in [2.24, 2.45) is 0 Å². The number of benzene rings is 1. The zero-order valence-electron chi connectivity index (χ0n) is 15.8. The maximum absolute atomic E-state index is 12.9. The topological polar surface area (TPSA) is 84.7 Å². The first-order valence-corrected chi connectivity index (χ1v) is 9.42. The number of anilines is 1. The summed E-state index contributed by atoms with van der Waals surface area (Å²) < 4.78 is 11.1. The Morgan fingerprint density at radius 1 is 1.17 bits per heavy atom. The molecule has 1 aromatic carbocycles. The zero-order chi connectivity index (χ0) is 20.1. The highest BCUT2D eigenvalue weighted by molar-refractivity contribution is 5.94. The van der Waals surface area contributed by atoms with Gasteiger partial charge in [-0.1, -0.05) is 6.07 Å². The van der Waals surface area contributed by atoms with E-state index in [0.717, 1.165) is 16.8 Å². The van der Waals surface area contributed by atoms with Crippen molar-refractivity contribution in [1.29, 1.82) is 0 Å². The average molecular weight is 391 g/mol. The van der Waals surface area contributed by atoms with Crippen LogP contribution in [0.1, 0.15) is 23.3 Å². The summed E-state index contributed by atoms with van der Waals surface area (Å²) >= 11 is 0. The van der Waals surface area contributed by atoms with Gasteiger partial charge in [-0.2, -0.15) is 0 Å². The summed E-state index contributed by atoms with van der Waals surface area (Å²) in [6.45, 7) is 0.666. The lowest BCUT2D eigenvalue weighted by Gasteiger charge is -2.22. The van der Waals surface area contributed by atoms with Crippen molar-refractivity contribution in [3.8, 4) is 5.75 Å². The summed E-state index contributed by atoms with van der Waals surface area (Å²) in [6, 6.07) is 12.8. The Kier molecular flexibility index (Phi) is 5.56. The lowest BCUT2D eigenvalue weighted by Crippen LogP contribution is -2.34. The van der Waals surface area contributed by atoms with Crippen molar-refractivity contribution in [3.63, 3.8) is 0 Å². The number of fused-ring (bicyclic) bond motifs is 1. The third-order valence-corrected chi connectivity index (χ3v) is 4.71. The van der Waals surface area contributed by atoms with Crippen molar-refractivity contribution >= 4 is 17.5 Å². The van der Waals surface area contributed by atoms with Gasteiger partial charge in [0, 0.05) is 31.0 Å². The molecule has 0 spiro atoms. The van der Waals surface area contributed by atoms with Crippen molar-refractivity contribution in [1.82, 2.24) is 9.88 Å². The SMILES string of the molecule is O=C1CCc2cc(OCC(=O)N(Cc3cccnc3)Cc3ccco3)ccc2N1. The standard InChI is InChI=1S/C22H21N3O4/c26-21-8-5-17-11-18(6-7-20(17)24-21)29-15-22(27)25(14-19-4-2-10-28-19)13-16-3-1-9-23-12-16/h1-4,6-7,9-12H,5,8,13-15H2,(H,24,26). The molecule has 29 heavy (non-hydrogen) atoms. The number of furan rings is 1. The number of nitrogens with zero attached hydrogens (tertiary/aromatic N) is 2. The molecule has 3 aromatic rings.